The maximum atomic E-state index is 2.48. The topological polar surface area (TPSA) is 0 Å². The zero-order valence-corrected chi connectivity index (χ0v) is 21.2. The van der Waals surface area contributed by atoms with Crippen molar-refractivity contribution >= 4 is 10.8 Å². The molecule has 0 heterocycles. The Morgan fingerprint density at radius 2 is 0.711 bits per heavy atom. The van der Waals surface area contributed by atoms with Crippen molar-refractivity contribution in [2.75, 3.05) is 0 Å². The third-order valence-corrected chi connectivity index (χ3v) is 8.25. The molecule has 0 bridgehead atoms. The molecule has 7 rings (SSSR count). The summed E-state index contributed by atoms with van der Waals surface area (Å²) < 4.78 is 0. The lowest BCUT2D eigenvalue weighted by atomic mass is 9.56. The maximum absolute atomic E-state index is 2.48. The minimum Gasteiger partial charge on any atom is -0.0677 e. The zero-order chi connectivity index (χ0) is 25.4. The summed E-state index contributed by atoms with van der Waals surface area (Å²) in [6, 6.07) is 57.4. The van der Waals surface area contributed by atoms with Gasteiger partial charge in [-0.3, -0.25) is 0 Å². The van der Waals surface area contributed by atoms with Crippen LogP contribution in [0.1, 0.15) is 33.4 Å². The van der Waals surface area contributed by atoms with Crippen LogP contribution in [0.25, 0.3) is 10.8 Å². The second-order valence-electron chi connectivity index (χ2n) is 10.1. The quantitative estimate of drug-likeness (QED) is 0.219. The van der Waals surface area contributed by atoms with Crippen LogP contribution in [0.2, 0.25) is 0 Å². The molecule has 0 amide bonds. The first-order valence-corrected chi connectivity index (χ1v) is 13.3. The maximum Gasteiger partial charge on any atom is 0.0641 e. The molecule has 0 aliphatic heterocycles. The van der Waals surface area contributed by atoms with Gasteiger partial charge in [0.05, 0.1) is 10.8 Å². The van der Waals surface area contributed by atoms with Crippen LogP contribution >= 0.6 is 0 Å². The molecule has 1 aliphatic carbocycles. The standard InChI is InChI=1S/C38H28/c1-5-16-30(17-6-1)37(31-18-7-2-8-19-31)27-28-38(32-20-9-3-10-21-32,33-22-11-4-12-23-33)36-34-24-14-13-15-29(34)25-26-35(36)37/h1-28H. The van der Waals surface area contributed by atoms with Gasteiger partial charge in [-0.25, -0.2) is 0 Å². The molecular weight excluding hydrogens is 456 g/mol. The van der Waals surface area contributed by atoms with Gasteiger partial charge in [0.1, 0.15) is 0 Å². The van der Waals surface area contributed by atoms with Gasteiger partial charge in [-0.2, -0.15) is 0 Å². The van der Waals surface area contributed by atoms with Crippen molar-refractivity contribution < 1.29 is 0 Å². The molecule has 0 heteroatoms. The van der Waals surface area contributed by atoms with Gasteiger partial charge in [0.2, 0.25) is 0 Å². The van der Waals surface area contributed by atoms with Gasteiger partial charge in [0.25, 0.3) is 0 Å². The Morgan fingerprint density at radius 3 is 1.21 bits per heavy atom. The van der Waals surface area contributed by atoms with E-state index in [1.54, 1.807) is 0 Å². The van der Waals surface area contributed by atoms with Crippen molar-refractivity contribution in [1.82, 2.24) is 0 Å². The van der Waals surface area contributed by atoms with E-state index in [9.17, 15) is 0 Å². The smallest absolute Gasteiger partial charge is 0.0641 e. The van der Waals surface area contributed by atoms with Gasteiger partial charge in [0.15, 0.2) is 0 Å². The molecule has 38 heavy (non-hydrogen) atoms. The van der Waals surface area contributed by atoms with Crippen molar-refractivity contribution in [2.24, 2.45) is 0 Å². The number of rotatable bonds is 4. The van der Waals surface area contributed by atoms with Gasteiger partial charge in [-0.15, -0.1) is 0 Å². The predicted molar refractivity (Wildman–Crippen MR) is 159 cm³/mol. The van der Waals surface area contributed by atoms with Crippen molar-refractivity contribution in [3.8, 4) is 0 Å². The number of allylic oxidation sites excluding steroid dienone is 2. The predicted octanol–water partition coefficient (Wildman–Crippen LogP) is 9.08. The van der Waals surface area contributed by atoms with E-state index >= 15 is 0 Å². The van der Waals surface area contributed by atoms with Crippen LogP contribution in [0, 0.1) is 0 Å². The lowest BCUT2D eigenvalue weighted by molar-refractivity contribution is 0.669. The van der Waals surface area contributed by atoms with E-state index in [0.717, 1.165) is 0 Å². The van der Waals surface area contributed by atoms with Crippen LogP contribution in [0.3, 0.4) is 0 Å². The van der Waals surface area contributed by atoms with Crippen molar-refractivity contribution in [2.45, 2.75) is 10.8 Å². The largest absolute Gasteiger partial charge is 0.0677 e. The van der Waals surface area contributed by atoms with Crippen LogP contribution in [0.5, 0.6) is 0 Å². The van der Waals surface area contributed by atoms with Crippen LogP contribution in [0.4, 0.5) is 0 Å². The summed E-state index contributed by atoms with van der Waals surface area (Å²) in [5, 5.41) is 2.55. The molecule has 180 valence electrons. The summed E-state index contributed by atoms with van der Waals surface area (Å²) >= 11 is 0. The molecule has 6 aromatic rings. The Morgan fingerprint density at radius 1 is 0.316 bits per heavy atom. The molecule has 0 saturated carbocycles. The normalized spacial score (nSPS) is 15.2. The molecular formula is C38H28. The summed E-state index contributed by atoms with van der Waals surface area (Å²) in [7, 11) is 0. The summed E-state index contributed by atoms with van der Waals surface area (Å²) in [6.45, 7) is 0. The van der Waals surface area contributed by atoms with Gasteiger partial charge in [0, 0.05) is 0 Å². The second-order valence-corrected chi connectivity index (χ2v) is 10.1. The summed E-state index contributed by atoms with van der Waals surface area (Å²) in [5.41, 5.74) is 6.90. The van der Waals surface area contributed by atoms with E-state index < -0.39 is 10.8 Å². The van der Waals surface area contributed by atoms with Crippen LogP contribution in [0.15, 0.2) is 170 Å². The highest BCUT2D eigenvalue weighted by Gasteiger charge is 2.47. The van der Waals surface area contributed by atoms with Crippen molar-refractivity contribution in [1.29, 1.82) is 0 Å². The molecule has 6 aromatic carbocycles. The fourth-order valence-corrected chi connectivity index (χ4v) is 6.57. The minimum atomic E-state index is -0.439. The lowest BCUT2D eigenvalue weighted by Crippen LogP contribution is -2.39. The minimum absolute atomic E-state index is 0.422. The number of hydrogen-bond donors (Lipinski definition) is 0. The average Bonchev–Trinajstić information content (AvgIpc) is 3.02. The average molecular weight is 485 g/mol. The Bertz CT molecular complexity index is 1650. The molecule has 0 radical (unpaired) electrons. The van der Waals surface area contributed by atoms with Gasteiger partial charge >= 0.3 is 0 Å². The van der Waals surface area contributed by atoms with Crippen LogP contribution in [-0.2, 0) is 10.8 Å². The van der Waals surface area contributed by atoms with E-state index in [4.69, 9.17) is 0 Å². The first-order chi connectivity index (χ1) is 18.8. The fourth-order valence-electron chi connectivity index (χ4n) is 6.57. The van der Waals surface area contributed by atoms with Crippen LogP contribution in [-0.4, -0.2) is 0 Å². The number of benzene rings is 6. The summed E-state index contributed by atoms with van der Waals surface area (Å²) in [4.78, 5) is 0. The highest BCUT2D eigenvalue weighted by atomic mass is 14.5. The molecule has 0 fully saturated rings. The third-order valence-electron chi connectivity index (χ3n) is 8.25. The Hall–Kier alpha value is -4.68. The Labute approximate surface area is 224 Å². The monoisotopic (exact) mass is 484 g/mol. The zero-order valence-electron chi connectivity index (χ0n) is 21.2. The van der Waals surface area contributed by atoms with Gasteiger partial charge in [-0.05, 0) is 44.2 Å². The summed E-state index contributed by atoms with van der Waals surface area (Å²) in [5.74, 6) is 0. The Kier molecular flexibility index (Phi) is 5.34. The van der Waals surface area contributed by atoms with Crippen molar-refractivity contribution in [3.05, 3.63) is 203 Å². The highest BCUT2D eigenvalue weighted by molar-refractivity contribution is 5.92. The highest BCUT2D eigenvalue weighted by Crippen LogP contribution is 2.55. The van der Waals surface area contributed by atoms with Gasteiger partial charge < -0.3 is 0 Å². The molecule has 1 aliphatic rings. The summed E-state index contributed by atoms with van der Waals surface area (Å²) in [6.07, 6.45) is 4.95. The molecule has 0 saturated heterocycles. The van der Waals surface area contributed by atoms with E-state index in [1.807, 2.05) is 0 Å². The van der Waals surface area contributed by atoms with Crippen LogP contribution < -0.4 is 0 Å². The number of hydrogen-bond acceptors (Lipinski definition) is 0. The third kappa shape index (κ3) is 3.24. The fraction of sp³-hybridized carbons (Fsp3) is 0.0526. The van der Waals surface area contributed by atoms with E-state index in [-0.39, 0.29) is 0 Å². The lowest BCUT2D eigenvalue weighted by Gasteiger charge is -2.46. The van der Waals surface area contributed by atoms with Gasteiger partial charge in [-0.1, -0.05) is 170 Å². The molecule has 0 nitrogen and oxygen atoms in total. The first-order valence-electron chi connectivity index (χ1n) is 13.3. The molecule has 0 unspecified atom stereocenters. The first kappa shape index (κ1) is 22.5. The Balaban J connectivity index is 1.70. The number of fused-ring (bicyclic) bond motifs is 3. The molecule has 0 aromatic heterocycles. The molecule has 0 spiro atoms. The van der Waals surface area contributed by atoms with Crippen molar-refractivity contribution in [3.63, 3.8) is 0 Å². The SMILES string of the molecule is C1=CC(c2ccccc2)(c2ccccc2)c2c(ccc3ccccc23)C1(c1ccccc1)c1ccccc1. The van der Waals surface area contributed by atoms with E-state index in [1.165, 1.54) is 44.2 Å². The molecule has 0 N–H and O–H groups in total. The van der Waals surface area contributed by atoms with E-state index in [2.05, 4.69) is 170 Å². The second kappa shape index (κ2) is 9.01. The molecule has 0 atom stereocenters. The van der Waals surface area contributed by atoms with E-state index in [0.29, 0.717) is 0 Å².